The average molecular weight is 273 g/mol. The summed E-state index contributed by atoms with van der Waals surface area (Å²) in [6, 6.07) is 0. The molecule has 0 aromatic carbocycles. The second kappa shape index (κ2) is 17.6. The zero-order chi connectivity index (χ0) is 7.15. The van der Waals surface area contributed by atoms with Gasteiger partial charge in [0.1, 0.15) is 0 Å². The Balaban J connectivity index is -0.0000000300. The molecule has 0 bridgehead atoms. The quantitative estimate of drug-likeness (QED) is 0.403. The summed E-state index contributed by atoms with van der Waals surface area (Å²) in [6.45, 7) is 0. The van der Waals surface area contributed by atoms with Gasteiger partial charge in [-0.05, 0) is 0 Å². The molecule has 0 aliphatic carbocycles. The Labute approximate surface area is 111 Å². The van der Waals surface area contributed by atoms with Gasteiger partial charge in [0, 0.05) is 0 Å². The van der Waals surface area contributed by atoms with E-state index in [1.807, 2.05) is 0 Å². The zero-order valence-electron chi connectivity index (χ0n) is 5.27. The van der Waals surface area contributed by atoms with Gasteiger partial charge in [-0.3, -0.25) is 0 Å². The average Bonchev–Trinajstić information content (AvgIpc) is 1.25. The number of rotatable bonds is 0. The monoisotopic (exact) mass is 272 g/mol. The van der Waals surface area contributed by atoms with E-state index in [-0.39, 0.29) is 59.1 Å². The topological polar surface area (TPSA) is 126 Å². The molecular weight excluding hydrogens is 273 g/mol. The first kappa shape index (κ1) is 22.9. The zero-order valence-corrected chi connectivity index (χ0v) is 12.3. The summed E-state index contributed by atoms with van der Waals surface area (Å²) in [5, 5.41) is 0. The summed E-state index contributed by atoms with van der Waals surface area (Å²) >= 11 is -7.58. The van der Waals surface area contributed by atoms with Crippen molar-refractivity contribution in [3.05, 3.63) is 0 Å². The predicted molar refractivity (Wildman–Crippen MR) is 1.37 cm³/mol. The maximum absolute atomic E-state index is 8.56. The second-order valence-corrected chi connectivity index (χ2v) is 1.90. The van der Waals surface area contributed by atoms with Crippen LogP contribution in [0.25, 0.3) is 0 Å². The Morgan fingerprint density at radius 1 is 1.00 bits per heavy atom. The van der Waals surface area contributed by atoms with E-state index in [0.29, 0.717) is 0 Å². The molecule has 0 saturated carbocycles. The Morgan fingerprint density at radius 2 is 1.00 bits per heavy atom. The molecule has 0 atom stereocenters. The Kier molecular flexibility index (Phi) is 40.2. The fourth-order valence-corrected chi connectivity index (χ4v) is 0. The van der Waals surface area contributed by atoms with E-state index < -0.39 is 30.2 Å². The molecule has 50 valence electrons. The van der Waals surface area contributed by atoms with Gasteiger partial charge in [-0.15, -0.1) is 0 Å². The van der Waals surface area contributed by atoms with Crippen molar-refractivity contribution in [1.29, 1.82) is 0 Å². The molecule has 0 aromatic heterocycles. The minimum atomic E-state index is -3.94. The van der Waals surface area contributed by atoms with Crippen LogP contribution in [0.4, 0.5) is 0 Å². The van der Waals surface area contributed by atoms with Crippen LogP contribution in [0.5, 0.6) is 0 Å². The molecule has 0 aromatic rings. The summed E-state index contributed by atoms with van der Waals surface area (Å²) < 4.78 is 51.2. The SMILES string of the molecule is [Na+].[Na+].[O-][Br+2]([O-])[O-].[O]=[V](=[O])[O-]. The van der Waals surface area contributed by atoms with E-state index in [2.05, 4.69) is 0 Å². The third-order valence-corrected chi connectivity index (χ3v) is 0. The number of hydrogen-bond acceptors (Lipinski definition) is 6. The van der Waals surface area contributed by atoms with Crippen molar-refractivity contribution < 1.29 is 113 Å². The van der Waals surface area contributed by atoms with Crippen molar-refractivity contribution in [3.63, 3.8) is 0 Å². The molecule has 0 aliphatic rings. The summed E-state index contributed by atoms with van der Waals surface area (Å²) in [5.74, 6) is 0. The van der Waals surface area contributed by atoms with Gasteiger partial charge in [0.15, 0.2) is 0 Å². The summed E-state index contributed by atoms with van der Waals surface area (Å²) in [6.07, 6.45) is 0. The summed E-state index contributed by atoms with van der Waals surface area (Å²) in [5.41, 5.74) is 0. The normalized spacial score (nSPS) is 6.10. The molecule has 0 unspecified atom stereocenters. The van der Waals surface area contributed by atoms with Crippen LogP contribution in [0.2, 0.25) is 0 Å². The first-order chi connectivity index (χ1) is 3.46. The van der Waals surface area contributed by atoms with Crippen LogP contribution >= 0.6 is 0 Å². The third kappa shape index (κ3) is 151. The predicted octanol–water partition coefficient (Wildman–Crippen LogP) is -11.0. The van der Waals surface area contributed by atoms with Gasteiger partial charge >= 0.3 is 85.9 Å². The standard InChI is InChI=1S/BrO3.2Na.3O.V/c2-1(3)4;;;;;;/q-1;2*+1;;;-1;. The number of halogens is 1. The molecule has 0 fully saturated rings. The molecule has 0 rings (SSSR count). The summed E-state index contributed by atoms with van der Waals surface area (Å²) in [7, 11) is 0. The molecule has 10 heteroatoms. The first-order valence-electron chi connectivity index (χ1n) is 1.01. The van der Waals surface area contributed by atoms with Crippen molar-refractivity contribution in [1.82, 2.24) is 0 Å². The molecular formula is BrNa2O6V. The Morgan fingerprint density at radius 3 is 1.00 bits per heavy atom. The van der Waals surface area contributed by atoms with Crippen LogP contribution < -0.4 is 75.7 Å². The van der Waals surface area contributed by atoms with E-state index in [1.54, 1.807) is 0 Å². The molecule has 0 N–H and O–H groups in total. The van der Waals surface area contributed by atoms with E-state index in [0.717, 1.165) is 0 Å². The van der Waals surface area contributed by atoms with Crippen LogP contribution in [0.15, 0.2) is 0 Å². The minimum absolute atomic E-state index is 0. The van der Waals surface area contributed by atoms with Crippen molar-refractivity contribution >= 4 is 0 Å². The molecule has 6 nitrogen and oxygen atoms in total. The summed E-state index contributed by atoms with van der Waals surface area (Å²) in [4.78, 5) is 0. The number of hydrogen-bond donors (Lipinski definition) is 0. The molecule has 0 saturated heterocycles. The van der Waals surface area contributed by atoms with Gasteiger partial charge in [0.2, 0.25) is 14.8 Å². The molecule has 0 spiro atoms. The van der Waals surface area contributed by atoms with Crippen LogP contribution in [-0.2, 0) is 22.7 Å². The maximum atomic E-state index is 8.56. The van der Waals surface area contributed by atoms with Crippen molar-refractivity contribution in [2.24, 2.45) is 0 Å². The fraction of sp³-hybridized carbons (Fsp3) is 0. The van der Waals surface area contributed by atoms with Crippen LogP contribution in [0.1, 0.15) is 0 Å². The molecule has 0 radical (unpaired) electrons. The van der Waals surface area contributed by atoms with Crippen molar-refractivity contribution in [2.45, 2.75) is 0 Å². The molecule has 0 heterocycles. The van der Waals surface area contributed by atoms with Gasteiger partial charge in [0.05, 0.1) is 0 Å². The van der Waals surface area contributed by atoms with Crippen LogP contribution in [0, 0.1) is 14.8 Å². The van der Waals surface area contributed by atoms with Gasteiger partial charge in [-0.2, -0.15) is 0 Å². The van der Waals surface area contributed by atoms with Gasteiger partial charge < -0.3 is 12.6 Å². The van der Waals surface area contributed by atoms with E-state index in [1.165, 1.54) is 0 Å². The van der Waals surface area contributed by atoms with E-state index in [9.17, 15) is 0 Å². The van der Waals surface area contributed by atoms with Crippen molar-refractivity contribution in [2.75, 3.05) is 0 Å². The molecule has 0 amide bonds. The van der Waals surface area contributed by atoms with Crippen molar-refractivity contribution in [3.8, 4) is 0 Å². The van der Waals surface area contributed by atoms with Gasteiger partial charge in [-0.25, -0.2) is 0 Å². The van der Waals surface area contributed by atoms with Gasteiger partial charge in [0.25, 0.3) is 0 Å². The Hall–Kier alpha value is 2.50. The van der Waals surface area contributed by atoms with E-state index in [4.69, 9.17) is 24.0 Å². The fourth-order valence-electron chi connectivity index (χ4n) is 0. The van der Waals surface area contributed by atoms with Crippen LogP contribution in [-0.4, -0.2) is 0 Å². The second-order valence-electron chi connectivity index (χ2n) is 0.413. The van der Waals surface area contributed by atoms with Crippen LogP contribution in [0.3, 0.4) is 0 Å². The first-order valence-corrected chi connectivity index (χ1v) is 4.66. The van der Waals surface area contributed by atoms with Gasteiger partial charge in [-0.1, -0.05) is 0 Å². The molecule has 0 aliphatic heterocycles. The Bertz CT molecular complexity index is 89.2. The molecule has 10 heavy (non-hydrogen) atoms. The van der Waals surface area contributed by atoms with E-state index >= 15 is 0 Å². The third-order valence-electron chi connectivity index (χ3n) is 0.